The maximum atomic E-state index is 12.3. The van der Waals surface area contributed by atoms with Gasteiger partial charge in [0.2, 0.25) is 0 Å². The van der Waals surface area contributed by atoms with Crippen molar-refractivity contribution in [2.75, 3.05) is 0 Å². The van der Waals surface area contributed by atoms with Gasteiger partial charge >= 0.3 is 0 Å². The number of ketones is 2. The molecule has 21 heavy (non-hydrogen) atoms. The molecule has 0 heterocycles. The van der Waals surface area contributed by atoms with Crippen LogP contribution in [0.2, 0.25) is 0 Å². The van der Waals surface area contributed by atoms with Gasteiger partial charge in [-0.15, -0.1) is 0 Å². The highest BCUT2D eigenvalue weighted by atomic mass is 16.1. The molecule has 0 saturated carbocycles. The fraction of sp³-hybridized carbons (Fsp3) is 0.158. The maximum absolute atomic E-state index is 12.3. The first-order valence-corrected chi connectivity index (χ1v) is 6.88. The summed E-state index contributed by atoms with van der Waals surface area (Å²) in [6, 6.07) is 12.9. The van der Waals surface area contributed by atoms with E-state index in [1.807, 2.05) is 39.0 Å². The average molecular weight is 278 g/mol. The van der Waals surface area contributed by atoms with Gasteiger partial charge < -0.3 is 0 Å². The van der Waals surface area contributed by atoms with Gasteiger partial charge in [-0.3, -0.25) is 9.59 Å². The minimum absolute atomic E-state index is 0.130. The lowest BCUT2D eigenvalue weighted by molar-refractivity contribution is 0.102. The minimum Gasteiger partial charge on any atom is -0.289 e. The summed E-state index contributed by atoms with van der Waals surface area (Å²) in [7, 11) is 0. The second-order valence-electron chi connectivity index (χ2n) is 5.20. The third-order valence-electron chi connectivity index (χ3n) is 3.37. The molecule has 2 rings (SSSR count). The molecule has 0 aliphatic rings. The standard InChI is InChI=1S/C19H18O2/c1-13-11-14(2)19(15(3)12-13)18(21)10-9-17(20)16-7-5-4-6-8-16/h4-12H,1-3H3/b10-9-. The quantitative estimate of drug-likeness (QED) is 0.619. The number of hydrogen-bond acceptors (Lipinski definition) is 2. The second kappa shape index (κ2) is 6.31. The van der Waals surface area contributed by atoms with Crippen LogP contribution in [0.3, 0.4) is 0 Å². The van der Waals surface area contributed by atoms with E-state index in [4.69, 9.17) is 0 Å². The smallest absolute Gasteiger partial charge is 0.186 e. The molecule has 0 amide bonds. The summed E-state index contributed by atoms with van der Waals surface area (Å²) >= 11 is 0. The predicted molar refractivity (Wildman–Crippen MR) is 84.9 cm³/mol. The number of allylic oxidation sites excluding steroid dienone is 2. The second-order valence-corrected chi connectivity index (χ2v) is 5.20. The normalized spacial score (nSPS) is 10.8. The van der Waals surface area contributed by atoms with E-state index in [1.54, 1.807) is 24.3 Å². The Hall–Kier alpha value is -2.48. The van der Waals surface area contributed by atoms with Crippen LogP contribution in [-0.2, 0) is 0 Å². The van der Waals surface area contributed by atoms with Crippen molar-refractivity contribution in [2.45, 2.75) is 20.8 Å². The highest BCUT2D eigenvalue weighted by Gasteiger charge is 2.10. The van der Waals surface area contributed by atoms with Gasteiger partial charge in [-0.25, -0.2) is 0 Å². The van der Waals surface area contributed by atoms with Crippen LogP contribution in [0.15, 0.2) is 54.6 Å². The van der Waals surface area contributed by atoms with Crippen LogP contribution in [0.5, 0.6) is 0 Å². The van der Waals surface area contributed by atoms with Gasteiger partial charge in [-0.2, -0.15) is 0 Å². The first-order valence-electron chi connectivity index (χ1n) is 6.88. The Labute approximate surface area is 125 Å². The first kappa shape index (κ1) is 14.9. The summed E-state index contributed by atoms with van der Waals surface area (Å²) in [6.45, 7) is 5.84. The molecule has 0 aliphatic heterocycles. The Morgan fingerprint density at radius 3 is 1.90 bits per heavy atom. The van der Waals surface area contributed by atoms with Crippen LogP contribution in [0, 0.1) is 20.8 Å². The van der Waals surface area contributed by atoms with Crippen LogP contribution in [0.1, 0.15) is 37.4 Å². The monoisotopic (exact) mass is 278 g/mol. The van der Waals surface area contributed by atoms with Crippen molar-refractivity contribution in [2.24, 2.45) is 0 Å². The zero-order valence-corrected chi connectivity index (χ0v) is 12.5. The van der Waals surface area contributed by atoms with Crippen molar-refractivity contribution >= 4 is 11.6 Å². The number of benzene rings is 2. The number of hydrogen-bond donors (Lipinski definition) is 0. The molecule has 2 aromatic rings. The van der Waals surface area contributed by atoms with E-state index in [-0.39, 0.29) is 11.6 Å². The van der Waals surface area contributed by atoms with Gasteiger partial charge in [0.1, 0.15) is 0 Å². The number of carbonyl (C=O) groups excluding carboxylic acids is 2. The van der Waals surface area contributed by atoms with E-state index >= 15 is 0 Å². The molecule has 106 valence electrons. The summed E-state index contributed by atoms with van der Waals surface area (Å²) in [5, 5.41) is 0. The van der Waals surface area contributed by atoms with Crippen LogP contribution < -0.4 is 0 Å². The average Bonchev–Trinajstić information content (AvgIpc) is 2.44. The third-order valence-corrected chi connectivity index (χ3v) is 3.37. The molecule has 0 aromatic heterocycles. The largest absolute Gasteiger partial charge is 0.289 e. The molecular formula is C19H18O2. The molecule has 0 spiro atoms. The molecular weight excluding hydrogens is 260 g/mol. The van der Waals surface area contributed by atoms with Gasteiger partial charge in [0, 0.05) is 11.1 Å². The van der Waals surface area contributed by atoms with Gasteiger partial charge in [0.05, 0.1) is 0 Å². The molecule has 0 aliphatic carbocycles. The Balaban J connectivity index is 2.23. The van der Waals surface area contributed by atoms with Crippen LogP contribution >= 0.6 is 0 Å². The lowest BCUT2D eigenvalue weighted by Crippen LogP contribution is -2.03. The molecule has 2 nitrogen and oxygen atoms in total. The van der Waals surface area contributed by atoms with E-state index in [0.29, 0.717) is 11.1 Å². The summed E-state index contributed by atoms with van der Waals surface area (Å²) in [4.78, 5) is 24.3. The van der Waals surface area contributed by atoms with Gasteiger partial charge in [-0.05, 0) is 44.1 Å². The van der Waals surface area contributed by atoms with Crippen molar-refractivity contribution in [3.63, 3.8) is 0 Å². The van der Waals surface area contributed by atoms with E-state index in [9.17, 15) is 9.59 Å². The van der Waals surface area contributed by atoms with Gasteiger partial charge in [-0.1, -0.05) is 48.0 Å². The molecule has 0 N–H and O–H groups in total. The summed E-state index contributed by atoms with van der Waals surface area (Å²) < 4.78 is 0. The molecule has 0 fully saturated rings. The van der Waals surface area contributed by atoms with E-state index in [1.165, 1.54) is 12.2 Å². The Bertz CT molecular complexity index is 687. The summed E-state index contributed by atoms with van der Waals surface area (Å²) in [5.41, 5.74) is 4.27. The Kier molecular flexibility index (Phi) is 4.49. The zero-order chi connectivity index (χ0) is 15.4. The van der Waals surface area contributed by atoms with Crippen LogP contribution in [0.25, 0.3) is 0 Å². The van der Waals surface area contributed by atoms with Gasteiger partial charge in [0.25, 0.3) is 0 Å². The van der Waals surface area contributed by atoms with E-state index < -0.39 is 0 Å². The molecule has 0 bridgehead atoms. The Morgan fingerprint density at radius 1 is 0.810 bits per heavy atom. The topological polar surface area (TPSA) is 34.1 Å². The fourth-order valence-corrected chi connectivity index (χ4v) is 2.50. The summed E-state index contributed by atoms with van der Waals surface area (Å²) in [5.74, 6) is -0.291. The van der Waals surface area contributed by atoms with Crippen molar-refractivity contribution in [3.8, 4) is 0 Å². The molecule has 0 saturated heterocycles. The van der Waals surface area contributed by atoms with Gasteiger partial charge in [0.15, 0.2) is 11.6 Å². The predicted octanol–water partition coefficient (Wildman–Crippen LogP) is 4.23. The van der Waals surface area contributed by atoms with Crippen LogP contribution in [-0.4, -0.2) is 11.6 Å². The SMILES string of the molecule is Cc1cc(C)c(C(=O)/C=C\C(=O)c2ccccc2)c(C)c1. The number of rotatable bonds is 4. The highest BCUT2D eigenvalue weighted by Crippen LogP contribution is 2.17. The van der Waals surface area contributed by atoms with Crippen molar-refractivity contribution in [1.29, 1.82) is 0 Å². The molecule has 2 heteroatoms. The molecule has 0 atom stereocenters. The van der Waals surface area contributed by atoms with Crippen LogP contribution in [0.4, 0.5) is 0 Å². The number of carbonyl (C=O) groups is 2. The molecule has 0 radical (unpaired) electrons. The van der Waals surface area contributed by atoms with E-state index in [0.717, 1.165) is 16.7 Å². The van der Waals surface area contributed by atoms with Crippen molar-refractivity contribution in [1.82, 2.24) is 0 Å². The molecule has 0 unspecified atom stereocenters. The number of aryl methyl sites for hydroxylation is 3. The minimum atomic E-state index is -0.161. The maximum Gasteiger partial charge on any atom is 0.186 e. The lowest BCUT2D eigenvalue weighted by Gasteiger charge is -2.07. The van der Waals surface area contributed by atoms with Crippen molar-refractivity contribution < 1.29 is 9.59 Å². The highest BCUT2D eigenvalue weighted by molar-refractivity contribution is 6.12. The molecule has 2 aromatic carbocycles. The fourth-order valence-electron chi connectivity index (χ4n) is 2.50. The van der Waals surface area contributed by atoms with E-state index in [2.05, 4.69) is 0 Å². The third kappa shape index (κ3) is 3.54. The zero-order valence-electron chi connectivity index (χ0n) is 12.5. The lowest BCUT2D eigenvalue weighted by atomic mass is 9.96. The summed E-state index contributed by atoms with van der Waals surface area (Å²) in [6.07, 6.45) is 2.70. The van der Waals surface area contributed by atoms with Crippen molar-refractivity contribution in [3.05, 3.63) is 82.4 Å². The Morgan fingerprint density at radius 2 is 1.33 bits per heavy atom. The first-order chi connectivity index (χ1) is 9.99.